The van der Waals surface area contributed by atoms with Crippen molar-refractivity contribution in [3.05, 3.63) is 64.7 Å². The van der Waals surface area contributed by atoms with Gasteiger partial charge in [0, 0.05) is 49.9 Å². The fraction of sp³-hybridized carbons (Fsp3) is 0.583. The number of benzene rings is 2. The highest BCUT2D eigenvalue weighted by atomic mass is 35.5. The van der Waals surface area contributed by atoms with E-state index in [0.29, 0.717) is 50.3 Å². The van der Waals surface area contributed by atoms with Gasteiger partial charge in [-0.2, -0.15) is 5.26 Å². The zero-order valence-corrected chi connectivity index (χ0v) is 30.4. The van der Waals surface area contributed by atoms with E-state index in [9.17, 15) is 18.4 Å². The standard InChI is InChI=1S/C18H24F2N2O3.C15H19NO.C2H7N.CH3Cl/c1-18(2,3)25-17(24)22-8-6-21(7-9-22)5-4-13-10-15(19)14(12-23)16(20)11-13;1-14(2)10-15(3,4)13(14)17-12-7-5-11(9-16)6-8-12;1-3-2;1-2/h10-12H,4-9H2,1-3H3;5-8,13H,10H2,1-4H3;3H,1-2H3;1H3. The van der Waals surface area contributed by atoms with E-state index in [1.165, 1.54) is 24.9 Å². The van der Waals surface area contributed by atoms with Gasteiger partial charge in [0.25, 0.3) is 0 Å². The summed E-state index contributed by atoms with van der Waals surface area (Å²) < 4.78 is 38.6. The van der Waals surface area contributed by atoms with Gasteiger partial charge in [-0.1, -0.05) is 27.7 Å². The molecule has 0 spiro atoms. The minimum atomic E-state index is -0.834. The molecule has 11 heteroatoms. The number of ether oxygens (including phenoxy) is 2. The number of alkyl halides is 1. The molecular weight excluding hydrogens is 626 g/mol. The third-order valence-corrected chi connectivity index (χ3v) is 7.57. The Balaban J connectivity index is 0.000000435. The number of hydrogen-bond donors (Lipinski definition) is 1. The largest absolute Gasteiger partial charge is 0.489 e. The molecule has 1 aliphatic carbocycles. The van der Waals surface area contributed by atoms with E-state index in [1.54, 1.807) is 17.0 Å². The minimum Gasteiger partial charge on any atom is -0.489 e. The number of nitrogens with one attached hydrogen (secondary N) is 1. The van der Waals surface area contributed by atoms with Crippen molar-refractivity contribution in [1.29, 1.82) is 5.26 Å². The summed E-state index contributed by atoms with van der Waals surface area (Å²) in [6.07, 6.45) is 3.23. The van der Waals surface area contributed by atoms with Crippen LogP contribution in [0.2, 0.25) is 0 Å². The van der Waals surface area contributed by atoms with Crippen molar-refractivity contribution in [2.24, 2.45) is 10.8 Å². The van der Waals surface area contributed by atoms with E-state index in [-0.39, 0.29) is 29.3 Å². The molecule has 0 aromatic heterocycles. The molecule has 0 bridgehead atoms. The Bertz CT molecular complexity index is 1280. The predicted octanol–water partition coefficient (Wildman–Crippen LogP) is 7.32. The summed E-state index contributed by atoms with van der Waals surface area (Å²) in [5.74, 6) is -0.811. The monoisotopic (exact) mass is 678 g/mol. The lowest BCUT2D eigenvalue weighted by atomic mass is 9.53. The quantitative estimate of drug-likeness (QED) is 0.253. The maximum absolute atomic E-state index is 13.6. The summed E-state index contributed by atoms with van der Waals surface area (Å²) in [7, 11) is 3.75. The minimum absolute atomic E-state index is 0.185. The van der Waals surface area contributed by atoms with E-state index in [2.05, 4.69) is 55.6 Å². The zero-order chi connectivity index (χ0) is 36.0. The van der Waals surface area contributed by atoms with Crippen molar-refractivity contribution in [2.45, 2.75) is 73.0 Å². The molecule has 1 N–H and O–H groups in total. The van der Waals surface area contributed by atoms with Crippen LogP contribution in [0.25, 0.3) is 0 Å². The predicted molar refractivity (Wildman–Crippen MR) is 184 cm³/mol. The normalized spacial score (nSPS) is 16.7. The van der Waals surface area contributed by atoms with Crippen LogP contribution in [0.5, 0.6) is 5.75 Å². The third kappa shape index (κ3) is 13.4. The van der Waals surface area contributed by atoms with Crippen molar-refractivity contribution < 1.29 is 27.8 Å². The highest BCUT2D eigenvalue weighted by Gasteiger charge is 2.54. The van der Waals surface area contributed by atoms with Gasteiger partial charge in [-0.15, -0.1) is 11.6 Å². The Kier molecular flexibility index (Phi) is 16.8. The Morgan fingerprint density at radius 3 is 1.91 bits per heavy atom. The summed E-state index contributed by atoms with van der Waals surface area (Å²) in [5, 5.41) is 11.5. The molecule has 0 unspecified atom stereocenters. The molecule has 1 saturated carbocycles. The lowest BCUT2D eigenvalue weighted by Crippen LogP contribution is -2.58. The number of carbonyl (C=O) groups excluding carboxylic acids is 2. The Morgan fingerprint density at radius 1 is 1.02 bits per heavy atom. The van der Waals surface area contributed by atoms with Crippen LogP contribution >= 0.6 is 11.6 Å². The fourth-order valence-electron chi connectivity index (χ4n) is 6.01. The van der Waals surface area contributed by atoms with E-state index in [1.807, 2.05) is 47.0 Å². The van der Waals surface area contributed by atoms with Crippen LogP contribution in [0.15, 0.2) is 36.4 Å². The van der Waals surface area contributed by atoms with Crippen LogP contribution in [-0.2, 0) is 11.2 Å². The molecule has 0 atom stereocenters. The molecule has 2 aromatic rings. The lowest BCUT2D eigenvalue weighted by Gasteiger charge is -2.56. The molecule has 2 aromatic carbocycles. The molecule has 2 aliphatic rings. The summed E-state index contributed by atoms with van der Waals surface area (Å²) >= 11 is 4.64. The highest BCUT2D eigenvalue weighted by Crippen LogP contribution is 2.55. The summed E-state index contributed by atoms with van der Waals surface area (Å²) in [5.41, 5.74) is 0.597. The van der Waals surface area contributed by atoms with Crippen LogP contribution in [0, 0.1) is 33.8 Å². The highest BCUT2D eigenvalue weighted by molar-refractivity contribution is 6.15. The first kappa shape index (κ1) is 41.8. The molecule has 1 heterocycles. The van der Waals surface area contributed by atoms with E-state index < -0.39 is 22.8 Å². The van der Waals surface area contributed by atoms with Crippen molar-refractivity contribution in [2.75, 3.05) is 53.2 Å². The fourth-order valence-corrected chi connectivity index (χ4v) is 6.01. The molecule has 1 saturated heterocycles. The Hall–Kier alpha value is -3.26. The lowest BCUT2D eigenvalue weighted by molar-refractivity contribution is -0.133. The average Bonchev–Trinajstić information content (AvgIpc) is 2.99. The first-order valence-corrected chi connectivity index (χ1v) is 16.5. The number of halogens is 3. The van der Waals surface area contributed by atoms with Gasteiger partial charge in [0.2, 0.25) is 0 Å². The van der Waals surface area contributed by atoms with Crippen LogP contribution in [0.4, 0.5) is 13.6 Å². The van der Waals surface area contributed by atoms with E-state index in [4.69, 9.17) is 14.7 Å². The molecule has 4 rings (SSSR count). The van der Waals surface area contributed by atoms with Crippen molar-refractivity contribution in [3.8, 4) is 11.8 Å². The van der Waals surface area contributed by atoms with Crippen LogP contribution in [0.1, 0.15) is 76.4 Å². The topological polar surface area (TPSA) is 94.9 Å². The zero-order valence-electron chi connectivity index (χ0n) is 29.7. The number of nitrogens with zero attached hydrogens (tertiary/aromatic N) is 3. The SMILES string of the molecule is CC(C)(C)OC(=O)N1CCN(CCc2cc(F)c(C=O)c(F)c2)CC1.CC1(C)CC(C)(C)C1Oc1ccc(C#N)cc1.CCl.CNC. The van der Waals surface area contributed by atoms with Crippen LogP contribution in [0.3, 0.4) is 0 Å². The van der Waals surface area contributed by atoms with E-state index in [0.717, 1.165) is 5.75 Å². The van der Waals surface area contributed by atoms with Crippen LogP contribution < -0.4 is 10.1 Å². The second kappa shape index (κ2) is 18.9. The first-order chi connectivity index (χ1) is 22.0. The molecule has 8 nitrogen and oxygen atoms in total. The number of piperazine rings is 1. The van der Waals surface area contributed by atoms with Gasteiger partial charge in [0.05, 0.1) is 17.2 Å². The van der Waals surface area contributed by atoms with Crippen molar-refractivity contribution in [3.63, 3.8) is 0 Å². The number of amides is 1. The summed E-state index contributed by atoms with van der Waals surface area (Å²) in [6, 6.07) is 11.9. The summed E-state index contributed by atoms with van der Waals surface area (Å²) in [6.45, 7) is 17.6. The molecular formula is C36H53ClF2N4O4. The Labute approximate surface area is 285 Å². The number of hydrogen-bond acceptors (Lipinski definition) is 7. The third-order valence-electron chi connectivity index (χ3n) is 7.57. The van der Waals surface area contributed by atoms with Gasteiger partial charge >= 0.3 is 6.09 Å². The maximum atomic E-state index is 13.6. The first-order valence-electron chi connectivity index (χ1n) is 15.7. The second-order valence-corrected chi connectivity index (χ2v) is 13.9. The van der Waals surface area contributed by atoms with Gasteiger partial charge in [-0.3, -0.25) is 9.69 Å². The average molecular weight is 679 g/mol. The van der Waals surface area contributed by atoms with E-state index >= 15 is 0 Å². The molecule has 1 aliphatic heterocycles. The molecule has 262 valence electrons. The second-order valence-electron chi connectivity index (χ2n) is 13.9. The van der Waals surface area contributed by atoms with Gasteiger partial charge in [0.1, 0.15) is 29.1 Å². The smallest absolute Gasteiger partial charge is 0.410 e. The number of carbonyl (C=O) groups is 2. The molecule has 47 heavy (non-hydrogen) atoms. The number of rotatable bonds is 6. The molecule has 2 fully saturated rings. The maximum Gasteiger partial charge on any atom is 0.410 e. The molecule has 1 amide bonds. The summed E-state index contributed by atoms with van der Waals surface area (Å²) in [4.78, 5) is 26.4. The Morgan fingerprint density at radius 2 is 1.51 bits per heavy atom. The van der Waals surface area contributed by atoms with Gasteiger partial charge in [-0.05, 0) is 89.7 Å². The number of aldehydes is 1. The van der Waals surface area contributed by atoms with Crippen LogP contribution in [-0.4, -0.2) is 87.1 Å². The van der Waals surface area contributed by atoms with Crippen molar-refractivity contribution >= 4 is 24.0 Å². The van der Waals surface area contributed by atoms with Crippen molar-refractivity contribution in [1.82, 2.24) is 15.1 Å². The van der Waals surface area contributed by atoms with Gasteiger partial charge < -0.3 is 19.7 Å². The number of nitriles is 1. The van der Waals surface area contributed by atoms with Gasteiger partial charge in [-0.25, -0.2) is 13.6 Å². The van der Waals surface area contributed by atoms with Gasteiger partial charge in [0.15, 0.2) is 6.29 Å². The molecule has 0 radical (unpaired) electrons.